The van der Waals surface area contributed by atoms with Crippen molar-refractivity contribution < 1.29 is 4.74 Å². The maximum Gasteiger partial charge on any atom is 0.135 e. The predicted octanol–water partition coefficient (Wildman–Crippen LogP) is 2.92. The Morgan fingerprint density at radius 3 is 2.62 bits per heavy atom. The molecule has 1 saturated carbocycles. The first-order valence-corrected chi connectivity index (χ1v) is 6.31. The fraction of sp³-hybridized carbons (Fsp3) is 0.571. The molecule has 0 amide bonds. The second-order valence-corrected chi connectivity index (χ2v) is 5.02. The molecule has 86 valence electrons. The molecule has 1 saturated heterocycles. The Labute approximate surface area is 97.0 Å². The highest BCUT2D eigenvalue weighted by Crippen LogP contribution is 2.33. The summed E-state index contributed by atoms with van der Waals surface area (Å²) in [5, 5.41) is 3.61. The minimum Gasteiger partial charge on any atom is -0.354 e. The molecular formula is C14H19NO. The molecule has 0 spiro atoms. The molecule has 0 radical (unpaired) electrons. The smallest absolute Gasteiger partial charge is 0.135 e. The Morgan fingerprint density at radius 1 is 1.12 bits per heavy atom. The van der Waals surface area contributed by atoms with Crippen molar-refractivity contribution in [3.8, 4) is 0 Å². The molecule has 2 heteroatoms. The van der Waals surface area contributed by atoms with Crippen LogP contribution in [0.15, 0.2) is 24.3 Å². The Bertz CT molecular complexity index is 346. The number of benzene rings is 1. The third-order valence-electron chi connectivity index (χ3n) is 3.76. The number of hydrogen-bond acceptors (Lipinski definition) is 2. The second kappa shape index (κ2) is 4.19. The van der Waals surface area contributed by atoms with E-state index in [1.54, 1.807) is 0 Å². The highest BCUT2D eigenvalue weighted by molar-refractivity contribution is 5.23. The van der Waals surface area contributed by atoms with Gasteiger partial charge < -0.3 is 4.74 Å². The van der Waals surface area contributed by atoms with Crippen LogP contribution in [0.2, 0.25) is 0 Å². The first-order chi connectivity index (χ1) is 7.83. The predicted molar refractivity (Wildman–Crippen MR) is 64.2 cm³/mol. The van der Waals surface area contributed by atoms with Crippen molar-refractivity contribution in [3.63, 3.8) is 0 Å². The molecule has 16 heavy (non-hydrogen) atoms. The molecule has 3 atom stereocenters. The van der Waals surface area contributed by atoms with E-state index in [9.17, 15) is 0 Å². The largest absolute Gasteiger partial charge is 0.354 e. The minimum atomic E-state index is 0.119. The van der Waals surface area contributed by atoms with Gasteiger partial charge in [0.2, 0.25) is 0 Å². The van der Waals surface area contributed by atoms with Gasteiger partial charge in [0.15, 0.2) is 0 Å². The molecule has 1 aliphatic heterocycles. The van der Waals surface area contributed by atoms with Gasteiger partial charge in [-0.15, -0.1) is 0 Å². The van der Waals surface area contributed by atoms with Gasteiger partial charge in [-0.25, -0.2) is 0 Å². The number of rotatable bonds is 1. The van der Waals surface area contributed by atoms with E-state index in [2.05, 4.69) is 36.5 Å². The van der Waals surface area contributed by atoms with Crippen LogP contribution in [-0.4, -0.2) is 12.1 Å². The third-order valence-corrected chi connectivity index (χ3v) is 3.76. The maximum atomic E-state index is 6.08. The van der Waals surface area contributed by atoms with Gasteiger partial charge in [-0.2, -0.15) is 0 Å². The molecular weight excluding hydrogens is 198 g/mol. The van der Waals surface area contributed by atoms with Gasteiger partial charge in [0.05, 0.1) is 6.10 Å². The lowest BCUT2D eigenvalue weighted by Crippen LogP contribution is -2.33. The lowest BCUT2D eigenvalue weighted by atomic mass is 9.93. The quantitative estimate of drug-likeness (QED) is 0.781. The average molecular weight is 217 g/mol. The normalized spacial score (nSPS) is 33.7. The van der Waals surface area contributed by atoms with Gasteiger partial charge in [-0.05, 0) is 25.3 Å². The van der Waals surface area contributed by atoms with E-state index in [-0.39, 0.29) is 6.23 Å². The first kappa shape index (κ1) is 10.3. The van der Waals surface area contributed by atoms with Gasteiger partial charge in [-0.1, -0.05) is 42.7 Å². The van der Waals surface area contributed by atoms with E-state index in [4.69, 9.17) is 4.74 Å². The molecule has 1 aromatic rings. The third kappa shape index (κ3) is 1.87. The molecule has 1 heterocycles. The van der Waals surface area contributed by atoms with E-state index in [0.717, 1.165) is 0 Å². The van der Waals surface area contributed by atoms with Gasteiger partial charge in [0.25, 0.3) is 0 Å². The molecule has 0 unspecified atom stereocenters. The molecule has 3 rings (SSSR count). The van der Waals surface area contributed by atoms with Crippen LogP contribution in [0.25, 0.3) is 0 Å². The number of nitrogens with one attached hydrogen (secondary N) is 1. The van der Waals surface area contributed by atoms with Crippen molar-refractivity contribution in [2.75, 3.05) is 0 Å². The van der Waals surface area contributed by atoms with Crippen molar-refractivity contribution in [2.45, 2.75) is 51.0 Å². The molecule has 2 fully saturated rings. The highest BCUT2D eigenvalue weighted by atomic mass is 16.5. The van der Waals surface area contributed by atoms with E-state index in [1.165, 1.54) is 36.8 Å². The summed E-state index contributed by atoms with van der Waals surface area (Å²) in [5.74, 6) is 0. The Kier molecular flexibility index (Phi) is 2.70. The first-order valence-electron chi connectivity index (χ1n) is 6.31. The van der Waals surface area contributed by atoms with Crippen LogP contribution in [0.4, 0.5) is 0 Å². The van der Waals surface area contributed by atoms with E-state index in [1.807, 2.05) is 0 Å². The van der Waals surface area contributed by atoms with Crippen molar-refractivity contribution in [2.24, 2.45) is 0 Å². The van der Waals surface area contributed by atoms with Crippen LogP contribution in [0.3, 0.4) is 0 Å². The zero-order chi connectivity index (χ0) is 11.0. The molecule has 2 aliphatic rings. The molecule has 1 aromatic carbocycles. The van der Waals surface area contributed by atoms with Crippen LogP contribution in [0.5, 0.6) is 0 Å². The van der Waals surface area contributed by atoms with Gasteiger partial charge in [0.1, 0.15) is 6.23 Å². The van der Waals surface area contributed by atoms with Gasteiger partial charge in [0, 0.05) is 6.04 Å². The van der Waals surface area contributed by atoms with Crippen molar-refractivity contribution >= 4 is 0 Å². The topological polar surface area (TPSA) is 21.3 Å². The summed E-state index contributed by atoms with van der Waals surface area (Å²) < 4.78 is 6.08. The van der Waals surface area contributed by atoms with Crippen molar-refractivity contribution in [1.29, 1.82) is 0 Å². The zero-order valence-electron chi connectivity index (χ0n) is 9.78. The summed E-state index contributed by atoms with van der Waals surface area (Å²) in [6.07, 6.45) is 5.73. The summed E-state index contributed by atoms with van der Waals surface area (Å²) in [7, 11) is 0. The van der Waals surface area contributed by atoms with E-state index < -0.39 is 0 Å². The standard InChI is InChI=1S/C14H19NO/c1-10-6-8-11(9-7-10)14-15-12-4-2-3-5-13(12)16-14/h6-9,12-15H,2-5H2,1H3/t12-,13+,14-/m0/s1. The van der Waals surface area contributed by atoms with Gasteiger partial charge in [-0.3, -0.25) is 5.32 Å². The summed E-state index contributed by atoms with van der Waals surface area (Å²) in [5.41, 5.74) is 2.57. The minimum absolute atomic E-state index is 0.119. The second-order valence-electron chi connectivity index (χ2n) is 5.02. The SMILES string of the molecule is Cc1ccc([C@H]2N[C@H]3CCCC[C@H]3O2)cc1. The number of ether oxygens (including phenoxy) is 1. The number of fused-ring (bicyclic) bond motifs is 1. The molecule has 0 bridgehead atoms. The molecule has 2 nitrogen and oxygen atoms in total. The lowest BCUT2D eigenvalue weighted by Gasteiger charge is -2.22. The van der Waals surface area contributed by atoms with Gasteiger partial charge >= 0.3 is 0 Å². The van der Waals surface area contributed by atoms with Crippen LogP contribution in [0, 0.1) is 6.92 Å². The lowest BCUT2D eigenvalue weighted by molar-refractivity contribution is 0.0246. The Morgan fingerprint density at radius 2 is 1.88 bits per heavy atom. The fourth-order valence-electron chi connectivity index (χ4n) is 2.77. The zero-order valence-corrected chi connectivity index (χ0v) is 9.78. The van der Waals surface area contributed by atoms with Crippen molar-refractivity contribution in [1.82, 2.24) is 5.32 Å². The highest BCUT2D eigenvalue weighted by Gasteiger charge is 2.36. The van der Waals surface area contributed by atoms with Crippen LogP contribution in [0.1, 0.15) is 43.0 Å². The summed E-state index contributed by atoms with van der Waals surface area (Å²) in [6.45, 7) is 2.12. The van der Waals surface area contributed by atoms with Crippen LogP contribution in [-0.2, 0) is 4.74 Å². The van der Waals surface area contributed by atoms with Crippen LogP contribution >= 0.6 is 0 Å². The monoisotopic (exact) mass is 217 g/mol. The average Bonchev–Trinajstić information content (AvgIpc) is 2.73. The summed E-state index contributed by atoms with van der Waals surface area (Å²) >= 11 is 0. The summed E-state index contributed by atoms with van der Waals surface area (Å²) in [4.78, 5) is 0. The van der Waals surface area contributed by atoms with Crippen LogP contribution < -0.4 is 5.32 Å². The van der Waals surface area contributed by atoms with E-state index in [0.29, 0.717) is 12.1 Å². The van der Waals surface area contributed by atoms with Crippen molar-refractivity contribution in [3.05, 3.63) is 35.4 Å². The molecule has 1 N–H and O–H groups in total. The van der Waals surface area contributed by atoms with E-state index >= 15 is 0 Å². The maximum absolute atomic E-state index is 6.08. The Hall–Kier alpha value is -0.860. The molecule has 1 aliphatic carbocycles. The molecule has 0 aromatic heterocycles. The Balaban J connectivity index is 1.75. The number of hydrogen-bond donors (Lipinski definition) is 1. The fourth-order valence-corrected chi connectivity index (χ4v) is 2.77. The summed E-state index contributed by atoms with van der Waals surface area (Å²) in [6, 6.07) is 9.24. The number of aryl methyl sites for hydroxylation is 1.